The van der Waals surface area contributed by atoms with Gasteiger partial charge in [0, 0.05) is 16.0 Å². The highest BCUT2D eigenvalue weighted by Crippen LogP contribution is 2.16. The maximum atomic E-state index is 10.1. The molecule has 0 bridgehead atoms. The van der Waals surface area contributed by atoms with Gasteiger partial charge in [-0.2, -0.15) is 5.26 Å². The van der Waals surface area contributed by atoms with E-state index >= 15 is 0 Å². The van der Waals surface area contributed by atoms with Crippen molar-refractivity contribution in [1.82, 2.24) is 0 Å². The molecule has 0 aliphatic rings. The molecule has 0 atom stereocenters. The second-order valence-corrected chi connectivity index (χ2v) is 3.22. The topological polar surface area (TPSA) is 61.1 Å². The van der Waals surface area contributed by atoms with Gasteiger partial charge in [0.25, 0.3) is 0 Å². The minimum Gasteiger partial charge on any atom is -0.472 e. The Morgan fingerprint density at radius 1 is 1.50 bits per heavy atom. The summed E-state index contributed by atoms with van der Waals surface area (Å²) in [5, 5.41) is 17.0. The Morgan fingerprint density at radius 2 is 2.21 bits per heavy atom. The Bertz CT molecular complexity index is 477. The van der Waals surface area contributed by atoms with Crippen molar-refractivity contribution < 1.29 is 9.90 Å². The Hall–Kier alpha value is -1.78. The SMILES string of the molecule is N#Cc1cc(C#CC(=O)O)ccc1Br. The highest BCUT2D eigenvalue weighted by molar-refractivity contribution is 9.10. The highest BCUT2D eigenvalue weighted by Gasteiger charge is 1.98. The van der Waals surface area contributed by atoms with Crippen molar-refractivity contribution in [3.8, 4) is 17.9 Å². The van der Waals surface area contributed by atoms with Gasteiger partial charge in [0.15, 0.2) is 0 Å². The molecule has 0 saturated carbocycles. The molecule has 0 aliphatic carbocycles. The van der Waals surface area contributed by atoms with Gasteiger partial charge in [0.2, 0.25) is 0 Å². The average molecular weight is 250 g/mol. The van der Waals surface area contributed by atoms with Gasteiger partial charge in [0.05, 0.1) is 5.56 Å². The van der Waals surface area contributed by atoms with Crippen molar-refractivity contribution in [3.63, 3.8) is 0 Å². The Balaban J connectivity index is 3.11. The molecule has 1 rings (SSSR count). The number of carbonyl (C=O) groups is 1. The lowest BCUT2D eigenvalue weighted by atomic mass is 10.1. The number of carboxylic acid groups (broad SMARTS) is 1. The third-order valence-corrected chi connectivity index (χ3v) is 2.09. The molecule has 1 N–H and O–H groups in total. The molecule has 0 saturated heterocycles. The van der Waals surface area contributed by atoms with Gasteiger partial charge in [-0.1, -0.05) is 5.92 Å². The van der Waals surface area contributed by atoms with Crippen LogP contribution in [-0.4, -0.2) is 11.1 Å². The first-order valence-electron chi connectivity index (χ1n) is 3.58. The summed E-state index contributed by atoms with van der Waals surface area (Å²) in [5.41, 5.74) is 0.939. The third kappa shape index (κ3) is 2.62. The van der Waals surface area contributed by atoms with E-state index in [-0.39, 0.29) is 0 Å². The van der Waals surface area contributed by atoms with Gasteiger partial charge in [-0.25, -0.2) is 4.79 Å². The highest BCUT2D eigenvalue weighted by atomic mass is 79.9. The summed E-state index contributed by atoms with van der Waals surface area (Å²) in [6.45, 7) is 0. The molecule has 0 radical (unpaired) electrons. The zero-order chi connectivity index (χ0) is 10.6. The Kier molecular flexibility index (Phi) is 3.28. The fraction of sp³-hybridized carbons (Fsp3) is 0. The summed E-state index contributed by atoms with van der Waals surface area (Å²) in [6, 6.07) is 6.79. The number of carboxylic acids is 1. The molecule has 1 aromatic rings. The normalized spacial score (nSPS) is 8.29. The van der Waals surface area contributed by atoms with Crippen molar-refractivity contribution in [3.05, 3.63) is 33.8 Å². The molecule has 0 fully saturated rings. The molecule has 0 heterocycles. The van der Waals surface area contributed by atoms with Crippen LogP contribution >= 0.6 is 15.9 Å². The molecular weight excluding hydrogens is 246 g/mol. The van der Waals surface area contributed by atoms with E-state index in [4.69, 9.17) is 10.4 Å². The zero-order valence-corrected chi connectivity index (χ0v) is 8.50. The van der Waals surface area contributed by atoms with E-state index in [2.05, 4.69) is 21.9 Å². The number of aliphatic carboxylic acids is 1. The number of hydrogen-bond acceptors (Lipinski definition) is 2. The van der Waals surface area contributed by atoms with Crippen molar-refractivity contribution in [1.29, 1.82) is 5.26 Å². The lowest BCUT2D eigenvalue weighted by Gasteiger charge is -1.94. The van der Waals surface area contributed by atoms with Crippen LogP contribution in [0, 0.1) is 23.2 Å². The zero-order valence-electron chi connectivity index (χ0n) is 6.91. The van der Waals surface area contributed by atoms with Crippen LogP contribution in [0.25, 0.3) is 0 Å². The molecule has 0 aromatic heterocycles. The van der Waals surface area contributed by atoms with Crippen LogP contribution < -0.4 is 0 Å². The van der Waals surface area contributed by atoms with E-state index in [9.17, 15) is 4.79 Å². The van der Waals surface area contributed by atoms with Gasteiger partial charge < -0.3 is 5.11 Å². The second kappa shape index (κ2) is 4.45. The summed E-state index contributed by atoms with van der Waals surface area (Å²) in [5.74, 6) is 3.21. The van der Waals surface area contributed by atoms with E-state index in [1.54, 1.807) is 12.1 Å². The van der Waals surface area contributed by atoms with Crippen LogP contribution in [0.3, 0.4) is 0 Å². The number of nitriles is 1. The Labute approximate surface area is 89.1 Å². The van der Waals surface area contributed by atoms with Gasteiger partial charge >= 0.3 is 5.97 Å². The molecule has 3 nitrogen and oxygen atoms in total. The predicted molar refractivity (Wildman–Crippen MR) is 53.4 cm³/mol. The largest absolute Gasteiger partial charge is 0.472 e. The standard InChI is InChI=1S/C10H4BrNO2/c11-9-3-1-7(2-4-10(13)14)5-8(9)6-12/h1,3,5H,(H,13,14). The van der Waals surface area contributed by atoms with Crippen molar-refractivity contribution in [2.45, 2.75) is 0 Å². The average Bonchev–Trinajstić information content (AvgIpc) is 2.16. The van der Waals surface area contributed by atoms with Crippen molar-refractivity contribution in [2.24, 2.45) is 0 Å². The first kappa shape index (κ1) is 10.3. The molecular formula is C10H4BrNO2. The number of hydrogen-bond donors (Lipinski definition) is 1. The first-order valence-corrected chi connectivity index (χ1v) is 4.37. The van der Waals surface area contributed by atoms with Crippen LogP contribution in [0.2, 0.25) is 0 Å². The maximum Gasteiger partial charge on any atom is 0.382 e. The molecule has 1 aromatic carbocycles. The molecule has 4 heteroatoms. The van der Waals surface area contributed by atoms with Crippen LogP contribution in [0.4, 0.5) is 0 Å². The predicted octanol–water partition coefficient (Wildman–Crippen LogP) is 1.76. The molecule has 14 heavy (non-hydrogen) atoms. The van der Waals surface area contributed by atoms with E-state index in [1.807, 2.05) is 12.0 Å². The molecule has 0 unspecified atom stereocenters. The monoisotopic (exact) mass is 249 g/mol. The number of rotatable bonds is 0. The minimum absolute atomic E-state index is 0.433. The van der Waals surface area contributed by atoms with Crippen LogP contribution in [0.5, 0.6) is 0 Å². The van der Waals surface area contributed by atoms with Crippen molar-refractivity contribution in [2.75, 3.05) is 0 Å². The van der Waals surface area contributed by atoms with Gasteiger partial charge in [0.1, 0.15) is 6.07 Å². The van der Waals surface area contributed by atoms with E-state index in [1.165, 1.54) is 6.07 Å². The van der Waals surface area contributed by atoms with Gasteiger partial charge in [-0.3, -0.25) is 0 Å². The van der Waals surface area contributed by atoms with Crippen LogP contribution in [-0.2, 0) is 4.79 Å². The first-order chi connectivity index (χ1) is 6.63. The fourth-order valence-electron chi connectivity index (χ4n) is 0.814. The molecule has 0 amide bonds. The number of nitrogens with zero attached hydrogens (tertiary/aromatic N) is 1. The summed E-state index contributed by atoms with van der Waals surface area (Å²) in [4.78, 5) is 10.1. The fourth-order valence-corrected chi connectivity index (χ4v) is 1.15. The van der Waals surface area contributed by atoms with Crippen LogP contribution in [0.15, 0.2) is 22.7 Å². The summed E-state index contributed by atoms with van der Waals surface area (Å²) in [6.07, 6.45) is 0. The van der Waals surface area contributed by atoms with Crippen molar-refractivity contribution >= 4 is 21.9 Å². The molecule has 0 spiro atoms. The molecule has 68 valence electrons. The number of benzene rings is 1. The lowest BCUT2D eigenvalue weighted by molar-refractivity contribution is -0.130. The van der Waals surface area contributed by atoms with Gasteiger partial charge in [-0.05, 0) is 34.1 Å². The second-order valence-electron chi connectivity index (χ2n) is 2.36. The maximum absolute atomic E-state index is 10.1. The quantitative estimate of drug-likeness (QED) is 0.713. The van der Waals surface area contributed by atoms with Gasteiger partial charge in [-0.15, -0.1) is 0 Å². The van der Waals surface area contributed by atoms with E-state index in [0.717, 1.165) is 0 Å². The van der Waals surface area contributed by atoms with E-state index in [0.29, 0.717) is 15.6 Å². The summed E-state index contributed by atoms with van der Waals surface area (Å²) in [7, 11) is 0. The smallest absolute Gasteiger partial charge is 0.382 e. The lowest BCUT2D eigenvalue weighted by Crippen LogP contribution is -1.87. The number of halogens is 1. The Morgan fingerprint density at radius 3 is 2.79 bits per heavy atom. The third-order valence-electron chi connectivity index (χ3n) is 1.40. The summed E-state index contributed by atoms with van der Waals surface area (Å²) >= 11 is 3.18. The molecule has 0 aliphatic heterocycles. The summed E-state index contributed by atoms with van der Waals surface area (Å²) < 4.78 is 0.667. The van der Waals surface area contributed by atoms with Crippen LogP contribution in [0.1, 0.15) is 11.1 Å². The minimum atomic E-state index is -1.19. The van der Waals surface area contributed by atoms with E-state index < -0.39 is 5.97 Å².